The fourth-order valence-electron chi connectivity index (χ4n) is 3.16. The van der Waals surface area contributed by atoms with E-state index in [9.17, 15) is 4.79 Å². The third-order valence-corrected chi connectivity index (χ3v) is 19.0. The first-order valence-electron chi connectivity index (χ1n) is 9.55. The van der Waals surface area contributed by atoms with Gasteiger partial charge in [-0.15, -0.1) is 0 Å². The van der Waals surface area contributed by atoms with E-state index in [0.29, 0.717) is 10.5 Å². The Morgan fingerprint density at radius 1 is 1.00 bits per heavy atom. The van der Waals surface area contributed by atoms with E-state index in [2.05, 4.69) is 80.1 Å². The molecule has 27 heavy (non-hydrogen) atoms. The molecule has 0 N–H and O–H groups in total. The number of ether oxygens (including phenoxy) is 1. The second kappa shape index (κ2) is 9.33. The smallest absolute Gasteiger partial charge is 0.330 e. The van der Waals surface area contributed by atoms with Crippen molar-refractivity contribution in [2.75, 3.05) is 0 Å². The summed E-state index contributed by atoms with van der Waals surface area (Å²) < 4.78 is 25.1. The van der Waals surface area contributed by atoms with Gasteiger partial charge in [0.15, 0.2) is 26.4 Å². The number of esters is 1. The highest BCUT2D eigenvalue weighted by molar-refractivity contribution is 6.89. The van der Waals surface area contributed by atoms with Gasteiger partial charge in [-0.1, -0.05) is 34.3 Å². The van der Waals surface area contributed by atoms with E-state index in [1.165, 1.54) is 6.08 Å². The zero-order valence-electron chi connectivity index (χ0n) is 19.6. The molecule has 0 saturated heterocycles. The summed E-state index contributed by atoms with van der Waals surface area (Å²) in [5, 5.41) is -0.306. The molecule has 0 rings (SSSR count). The molecule has 0 aromatic heterocycles. The van der Waals surface area contributed by atoms with Crippen LogP contribution in [0.2, 0.25) is 50.9 Å². The highest BCUT2D eigenvalue weighted by atomic mass is 28.5. The molecule has 1 unspecified atom stereocenters. The van der Waals surface area contributed by atoms with Crippen LogP contribution >= 0.6 is 0 Å². The van der Waals surface area contributed by atoms with Crippen molar-refractivity contribution in [2.24, 2.45) is 5.41 Å². The first-order chi connectivity index (χ1) is 11.8. The predicted molar refractivity (Wildman–Crippen MR) is 128 cm³/mol. The summed E-state index contributed by atoms with van der Waals surface area (Å²) in [6.07, 6.45) is 1.23. The van der Waals surface area contributed by atoms with Gasteiger partial charge in [0, 0.05) is 16.5 Å². The molecule has 0 saturated carbocycles. The van der Waals surface area contributed by atoms with Crippen LogP contribution in [0.3, 0.4) is 0 Å². The van der Waals surface area contributed by atoms with Gasteiger partial charge in [0.05, 0.1) is 0 Å². The van der Waals surface area contributed by atoms with Gasteiger partial charge in [-0.3, -0.25) is 0 Å². The number of rotatable bonds is 11. The van der Waals surface area contributed by atoms with Crippen LogP contribution in [0.25, 0.3) is 0 Å². The minimum atomic E-state index is -2.65. The molecule has 0 fully saturated rings. The number of hydrogen-bond donors (Lipinski definition) is 0. The van der Waals surface area contributed by atoms with Crippen LogP contribution in [0.15, 0.2) is 12.7 Å². The van der Waals surface area contributed by atoms with E-state index in [1.807, 2.05) is 0 Å². The summed E-state index contributed by atoms with van der Waals surface area (Å²) >= 11 is 0. The van der Waals surface area contributed by atoms with Gasteiger partial charge in [0.1, 0.15) is 16.2 Å². The van der Waals surface area contributed by atoms with E-state index in [4.69, 9.17) is 17.1 Å². The largest absolute Gasteiger partial charge is 0.465 e. The molecular weight excluding hydrogens is 425 g/mol. The zero-order chi connectivity index (χ0) is 21.9. The average Bonchev–Trinajstić information content (AvgIpc) is 2.41. The Labute approximate surface area is 175 Å². The Balaban J connectivity index is 6.23. The standard InChI is InChI=1S/C17H42O5Si5/c1-13-14(18)19-15(24-20-23)16(2,3)17(4,5)27(12,21-25(6,7)8)22-26(9,10)11/h13,15H,1,24H2,2-12,23H3. The number of carbonyl (C=O) groups excluding carboxylic acids is 1. The van der Waals surface area contributed by atoms with Gasteiger partial charge in [-0.25, -0.2) is 4.79 Å². The van der Waals surface area contributed by atoms with Crippen molar-refractivity contribution in [3.05, 3.63) is 12.7 Å². The molecule has 0 spiro atoms. The molecule has 0 aliphatic carbocycles. The molecule has 0 aliphatic rings. The van der Waals surface area contributed by atoms with Crippen LogP contribution in [0.4, 0.5) is 0 Å². The molecule has 0 aromatic carbocycles. The van der Waals surface area contributed by atoms with Crippen LogP contribution in [0.5, 0.6) is 0 Å². The van der Waals surface area contributed by atoms with Crippen molar-refractivity contribution in [3.63, 3.8) is 0 Å². The summed E-state index contributed by atoms with van der Waals surface area (Å²) in [6, 6.07) is 0. The maximum absolute atomic E-state index is 12.0. The van der Waals surface area contributed by atoms with Crippen LogP contribution in [0.1, 0.15) is 27.7 Å². The zero-order valence-corrected chi connectivity index (χ0v) is 26.0. The second-order valence-corrected chi connectivity index (χ2v) is 26.9. The van der Waals surface area contributed by atoms with Gasteiger partial charge in [-0.2, -0.15) is 0 Å². The summed E-state index contributed by atoms with van der Waals surface area (Å²) in [5.74, 6) is -0.393. The quantitative estimate of drug-likeness (QED) is 0.266. The molecule has 1 atom stereocenters. The first-order valence-corrected chi connectivity index (χ1v) is 20.9. The van der Waals surface area contributed by atoms with Crippen molar-refractivity contribution >= 4 is 51.4 Å². The third-order valence-electron chi connectivity index (χ3n) is 5.30. The Morgan fingerprint density at radius 2 is 1.41 bits per heavy atom. The highest BCUT2D eigenvalue weighted by Gasteiger charge is 2.61. The monoisotopic (exact) mass is 466 g/mol. The van der Waals surface area contributed by atoms with Gasteiger partial charge < -0.3 is 17.1 Å². The van der Waals surface area contributed by atoms with Crippen LogP contribution in [-0.2, 0) is 21.9 Å². The molecule has 0 bridgehead atoms. The maximum Gasteiger partial charge on any atom is 0.330 e. The topological polar surface area (TPSA) is 54.0 Å². The summed E-state index contributed by atoms with van der Waals surface area (Å²) in [4.78, 5) is 12.0. The first kappa shape index (κ1) is 27.2. The summed E-state index contributed by atoms with van der Waals surface area (Å²) in [6.45, 7) is 27.7. The Hall–Kier alpha value is 0.174. The lowest BCUT2D eigenvalue weighted by atomic mass is 9.80. The van der Waals surface area contributed by atoms with Crippen molar-refractivity contribution in [3.8, 4) is 0 Å². The molecular formula is C17H42O5Si5. The Morgan fingerprint density at radius 3 is 1.70 bits per heavy atom. The molecule has 5 nitrogen and oxygen atoms in total. The third kappa shape index (κ3) is 7.50. The molecule has 0 radical (unpaired) electrons. The minimum absolute atomic E-state index is 0.266. The van der Waals surface area contributed by atoms with Crippen LogP contribution < -0.4 is 0 Å². The lowest BCUT2D eigenvalue weighted by molar-refractivity contribution is -0.145. The number of hydrogen-bond acceptors (Lipinski definition) is 5. The lowest BCUT2D eigenvalue weighted by Crippen LogP contribution is -2.64. The predicted octanol–water partition coefficient (Wildman–Crippen LogP) is 3.00. The van der Waals surface area contributed by atoms with Crippen molar-refractivity contribution in [1.29, 1.82) is 0 Å². The van der Waals surface area contributed by atoms with E-state index >= 15 is 0 Å². The average molecular weight is 467 g/mol. The molecule has 0 aromatic rings. The van der Waals surface area contributed by atoms with Crippen molar-refractivity contribution in [2.45, 2.75) is 84.3 Å². The summed E-state index contributed by atoms with van der Waals surface area (Å²) in [5.41, 5.74) is -0.624. The Kier molecular flexibility index (Phi) is 9.39. The van der Waals surface area contributed by atoms with Gasteiger partial charge in [0.2, 0.25) is 0 Å². The normalized spacial score (nSPS) is 16.0. The van der Waals surface area contributed by atoms with Crippen molar-refractivity contribution in [1.82, 2.24) is 0 Å². The lowest BCUT2D eigenvalue weighted by Gasteiger charge is -2.55. The van der Waals surface area contributed by atoms with Gasteiger partial charge in [0.25, 0.3) is 0 Å². The van der Waals surface area contributed by atoms with Crippen LogP contribution in [0, 0.1) is 5.41 Å². The van der Waals surface area contributed by atoms with Gasteiger partial charge in [-0.05, 0) is 45.8 Å². The highest BCUT2D eigenvalue weighted by Crippen LogP contribution is 2.56. The van der Waals surface area contributed by atoms with E-state index in [0.717, 1.165) is 0 Å². The second-order valence-electron chi connectivity index (χ2n) is 10.3. The molecule has 0 amide bonds. The SMILES string of the molecule is C=CC(=O)OC([SiH2]O[SiH3])C(C)(C)C(C)(C)[Si](C)(O[Si](C)(C)C)O[Si](C)(C)C. The Bertz CT molecular complexity index is 507. The minimum Gasteiger partial charge on any atom is -0.465 e. The summed E-state index contributed by atoms with van der Waals surface area (Å²) in [7, 11) is -6.75. The van der Waals surface area contributed by atoms with Gasteiger partial charge >= 0.3 is 14.5 Å². The van der Waals surface area contributed by atoms with Crippen molar-refractivity contribution < 1.29 is 21.9 Å². The molecule has 10 heteroatoms. The molecule has 160 valence electrons. The maximum atomic E-state index is 12.0. The molecule has 0 heterocycles. The van der Waals surface area contributed by atoms with E-state index in [-0.39, 0.29) is 16.2 Å². The fraction of sp³-hybridized carbons (Fsp3) is 0.824. The van der Waals surface area contributed by atoms with E-state index < -0.39 is 40.9 Å². The van der Waals surface area contributed by atoms with Crippen LogP contribution in [-0.4, -0.2) is 57.1 Å². The fourth-order valence-corrected chi connectivity index (χ4v) is 19.0. The number of carbonyl (C=O) groups is 1. The van der Waals surface area contributed by atoms with E-state index in [1.54, 1.807) is 0 Å². The molecule has 0 aliphatic heterocycles.